The molecule has 1 heterocycles. The summed E-state index contributed by atoms with van der Waals surface area (Å²) >= 11 is 5.49. The number of aliphatic hydroxyl groups excluding tert-OH is 1. The first-order chi connectivity index (χ1) is 7.81. The Labute approximate surface area is 98.6 Å². The summed E-state index contributed by atoms with van der Waals surface area (Å²) in [4.78, 5) is 4.25. The maximum Gasteiger partial charge on any atom is 0.145 e. The lowest BCUT2D eigenvalue weighted by Gasteiger charge is -2.10. The molecule has 1 atom stereocenters. The molecule has 2 aromatic rings. The van der Waals surface area contributed by atoms with Gasteiger partial charge in [0.25, 0.3) is 0 Å². The highest BCUT2D eigenvalue weighted by molar-refractivity contribution is 6.18. The number of halogens is 1. The van der Waals surface area contributed by atoms with Crippen molar-refractivity contribution >= 4 is 22.5 Å². The van der Waals surface area contributed by atoms with Crippen molar-refractivity contribution in [1.82, 2.24) is 4.98 Å². The molecule has 1 aromatic carbocycles. The molecule has 0 spiro atoms. The van der Waals surface area contributed by atoms with Crippen molar-refractivity contribution in [2.24, 2.45) is 0 Å². The molecule has 0 aliphatic carbocycles. The second-order valence-corrected chi connectivity index (χ2v) is 3.76. The van der Waals surface area contributed by atoms with Gasteiger partial charge in [-0.1, -0.05) is 18.2 Å². The van der Waals surface area contributed by atoms with E-state index in [1.165, 1.54) is 0 Å². The lowest BCUT2D eigenvalue weighted by molar-refractivity contribution is 0.126. The molecule has 2 rings (SSSR count). The van der Waals surface area contributed by atoms with Crippen LogP contribution >= 0.6 is 11.6 Å². The summed E-state index contributed by atoms with van der Waals surface area (Å²) in [6, 6.07) is 9.53. The van der Waals surface area contributed by atoms with E-state index < -0.39 is 6.10 Å². The standard InChI is InChI=1S/C12H12ClNO2/c13-7-10(15)8-16-11-5-1-3-9-4-2-6-14-12(9)11/h1-6,10,15H,7-8H2. The largest absolute Gasteiger partial charge is 0.489 e. The van der Waals surface area contributed by atoms with Crippen LogP contribution in [-0.4, -0.2) is 28.7 Å². The van der Waals surface area contributed by atoms with Crippen molar-refractivity contribution in [2.45, 2.75) is 6.10 Å². The molecule has 0 amide bonds. The Morgan fingerprint density at radius 2 is 2.12 bits per heavy atom. The summed E-state index contributed by atoms with van der Waals surface area (Å²) in [5.74, 6) is 0.834. The smallest absolute Gasteiger partial charge is 0.145 e. The van der Waals surface area contributed by atoms with Crippen molar-refractivity contribution in [2.75, 3.05) is 12.5 Å². The predicted octanol–water partition coefficient (Wildman–Crippen LogP) is 2.21. The highest BCUT2D eigenvalue weighted by Gasteiger charge is 2.06. The Hall–Kier alpha value is -1.32. The van der Waals surface area contributed by atoms with Gasteiger partial charge in [-0.2, -0.15) is 0 Å². The number of hydrogen-bond acceptors (Lipinski definition) is 3. The fraction of sp³-hybridized carbons (Fsp3) is 0.250. The average Bonchev–Trinajstić information content (AvgIpc) is 2.35. The number of fused-ring (bicyclic) bond motifs is 1. The number of para-hydroxylation sites is 1. The van der Waals surface area contributed by atoms with Crippen LogP contribution in [0, 0.1) is 0 Å². The summed E-state index contributed by atoms with van der Waals surface area (Å²) in [7, 11) is 0. The van der Waals surface area contributed by atoms with Gasteiger partial charge in [-0.3, -0.25) is 4.98 Å². The Bertz CT molecular complexity index is 470. The van der Waals surface area contributed by atoms with Crippen molar-refractivity contribution in [3.8, 4) is 5.75 Å². The number of aliphatic hydroxyl groups is 1. The average molecular weight is 238 g/mol. The number of ether oxygens (including phenoxy) is 1. The van der Waals surface area contributed by atoms with Crippen LogP contribution in [0.4, 0.5) is 0 Å². The predicted molar refractivity (Wildman–Crippen MR) is 64.0 cm³/mol. The van der Waals surface area contributed by atoms with Crippen molar-refractivity contribution in [1.29, 1.82) is 0 Å². The van der Waals surface area contributed by atoms with Gasteiger partial charge in [0.15, 0.2) is 0 Å². The molecule has 1 N–H and O–H groups in total. The van der Waals surface area contributed by atoms with Gasteiger partial charge in [0.2, 0.25) is 0 Å². The molecule has 0 bridgehead atoms. The third kappa shape index (κ3) is 2.43. The van der Waals surface area contributed by atoms with Crippen LogP contribution < -0.4 is 4.74 Å². The van der Waals surface area contributed by atoms with Gasteiger partial charge in [-0.25, -0.2) is 0 Å². The zero-order valence-corrected chi connectivity index (χ0v) is 9.39. The maximum atomic E-state index is 9.31. The van der Waals surface area contributed by atoms with Crippen LogP contribution in [0.3, 0.4) is 0 Å². The van der Waals surface area contributed by atoms with Crippen LogP contribution in [0.25, 0.3) is 10.9 Å². The van der Waals surface area contributed by atoms with Crippen LogP contribution in [0.2, 0.25) is 0 Å². The molecule has 3 nitrogen and oxygen atoms in total. The van der Waals surface area contributed by atoms with E-state index in [-0.39, 0.29) is 12.5 Å². The third-order valence-corrected chi connectivity index (χ3v) is 2.56. The van der Waals surface area contributed by atoms with Crippen molar-refractivity contribution in [3.05, 3.63) is 36.5 Å². The number of hydrogen-bond donors (Lipinski definition) is 1. The zero-order valence-electron chi connectivity index (χ0n) is 8.64. The highest BCUT2D eigenvalue weighted by Crippen LogP contribution is 2.22. The molecule has 0 aliphatic heterocycles. The Morgan fingerprint density at radius 1 is 1.31 bits per heavy atom. The summed E-state index contributed by atoms with van der Waals surface area (Å²) < 4.78 is 5.48. The summed E-state index contributed by atoms with van der Waals surface area (Å²) in [6.45, 7) is 0.180. The van der Waals surface area contributed by atoms with E-state index in [1.807, 2.05) is 30.3 Å². The zero-order chi connectivity index (χ0) is 11.4. The van der Waals surface area contributed by atoms with Crippen molar-refractivity contribution < 1.29 is 9.84 Å². The van der Waals surface area contributed by atoms with Crippen LogP contribution in [0.5, 0.6) is 5.75 Å². The van der Waals surface area contributed by atoms with Gasteiger partial charge in [-0.15, -0.1) is 11.6 Å². The lowest BCUT2D eigenvalue weighted by atomic mass is 10.2. The number of benzene rings is 1. The molecule has 4 heteroatoms. The van der Waals surface area contributed by atoms with Gasteiger partial charge in [0, 0.05) is 11.6 Å². The maximum absolute atomic E-state index is 9.31. The van der Waals surface area contributed by atoms with Gasteiger partial charge >= 0.3 is 0 Å². The van der Waals surface area contributed by atoms with Crippen LogP contribution in [0.1, 0.15) is 0 Å². The monoisotopic (exact) mass is 237 g/mol. The molecule has 0 radical (unpaired) electrons. The topological polar surface area (TPSA) is 42.4 Å². The molecule has 1 unspecified atom stereocenters. The number of pyridine rings is 1. The number of aromatic nitrogens is 1. The molecule has 1 aromatic heterocycles. The van der Waals surface area contributed by atoms with Crippen molar-refractivity contribution in [3.63, 3.8) is 0 Å². The molecule has 0 saturated carbocycles. The second-order valence-electron chi connectivity index (χ2n) is 3.45. The molecule has 84 valence electrons. The fourth-order valence-corrected chi connectivity index (χ4v) is 1.51. The van der Waals surface area contributed by atoms with E-state index in [2.05, 4.69) is 4.98 Å². The van der Waals surface area contributed by atoms with Gasteiger partial charge in [0.1, 0.15) is 24.0 Å². The first kappa shape index (κ1) is 11.2. The summed E-state index contributed by atoms with van der Waals surface area (Å²) in [6.07, 6.45) is 1.06. The molecule has 0 fully saturated rings. The van der Waals surface area contributed by atoms with E-state index in [0.29, 0.717) is 5.75 Å². The summed E-state index contributed by atoms with van der Waals surface area (Å²) in [5.41, 5.74) is 0.798. The quantitative estimate of drug-likeness (QED) is 0.830. The Balaban J connectivity index is 2.23. The van der Waals surface area contributed by atoms with Gasteiger partial charge < -0.3 is 9.84 Å². The number of rotatable bonds is 4. The van der Waals surface area contributed by atoms with Crippen LogP contribution in [-0.2, 0) is 0 Å². The first-order valence-electron chi connectivity index (χ1n) is 5.02. The SMILES string of the molecule is OC(CCl)COc1cccc2cccnc12. The minimum Gasteiger partial charge on any atom is -0.489 e. The Kier molecular flexibility index (Phi) is 3.59. The minimum absolute atomic E-state index is 0.165. The molecule has 0 saturated heterocycles. The van der Waals surface area contributed by atoms with Crippen LogP contribution in [0.15, 0.2) is 36.5 Å². The fourth-order valence-electron chi connectivity index (χ4n) is 1.42. The van der Waals surface area contributed by atoms with E-state index in [1.54, 1.807) is 6.20 Å². The molecule has 16 heavy (non-hydrogen) atoms. The Morgan fingerprint density at radius 3 is 2.94 bits per heavy atom. The molecular formula is C12H12ClNO2. The summed E-state index contributed by atoms with van der Waals surface area (Å²) in [5, 5.41) is 10.3. The van der Waals surface area contributed by atoms with E-state index in [0.717, 1.165) is 10.9 Å². The molecule has 0 aliphatic rings. The minimum atomic E-state index is -0.652. The third-order valence-electron chi connectivity index (χ3n) is 2.21. The lowest BCUT2D eigenvalue weighted by Crippen LogP contribution is -2.18. The second kappa shape index (κ2) is 5.14. The van der Waals surface area contributed by atoms with Gasteiger partial charge in [0.05, 0.1) is 5.88 Å². The number of nitrogens with zero attached hydrogens (tertiary/aromatic N) is 1. The van der Waals surface area contributed by atoms with E-state index in [4.69, 9.17) is 16.3 Å². The van der Waals surface area contributed by atoms with E-state index in [9.17, 15) is 5.11 Å². The van der Waals surface area contributed by atoms with E-state index >= 15 is 0 Å². The molecular weight excluding hydrogens is 226 g/mol. The number of alkyl halides is 1. The normalized spacial score (nSPS) is 12.6. The highest BCUT2D eigenvalue weighted by atomic mass is 35.5. The van der Waals surface area contributed by atoms with Gasteiger partial charge in [-0.05, 0) is 12.1 Å². The first-order valence-corrected chi connectivity index (χ1v) is 5.55.